The smallest absolute Gasteiger partial charge is 0.154 e. The van der Waals surface area contributed by atoms with Crippen LogP contribution in [0.5, 0.6) is 0 Å². The van der Waals surface area contributed by atoms with Gasteiger partial charge in [-0.1, -0.05) is 20.8 Å². The van der Waals surface area contributed by atoms with Gasteiger partial charge in [-0.05, 0) is 24.8 Å². The van der Waals surface area contributed by atoms with Gasteiger partial charge in [-0.15, -0.1) is 5.10 Å². The summed E-state index contributed by atoms with van der Waals surface area (Å²) < 4.78 is 0. The zero-order valence-electron chi connectivity index (χ0n) is 12.6. The Labute approximate surface area is 120 Å². The third-order valence-corrected chi connectivity index (χ3v) is 3.83. The van der Waals surface area contributed by atoms with E-state index in [4.69, 9.17) is 5.73 Å². The van der Waals surface area contributed by atoms with E-state index >= 15 is 0 Å². The molecule has 0 aromatic carbocycles. The van der Waals surface area contributed by atoms with Gasteiger partial charge in [-0.3, -0.25) is 0 Å². The van der Waals surface area contributed by atoms with Crippen LogP contribution in [0.1, 0.15) is 44.0 Å². The summed E-state index contributed by atoms with van der Waals surface area (Å²) >= 11 is 0. The second kappa shape index (κ2) is 7.52. The summed E-state index contributed by atoms with van der Waals surface area (Å²) in [5, 5.41) is 30.6. The van der Waals surface area contributed by atoms with Crippen molar-refractivity contribution in [1.29, 1.82) is 0 Å². The van der Waals surface area contributed by atoms with Gasteiger partial charge in [0.1, 0.15) is 0 Å². The molecule has 0 radical (unpaired) electrons. The summed E-state index contributed by atoms with van der Waals surface area (Å²) in [5.74, 6) is 0.562. The third-order valence-electron chi connectivity index (χ3n) is 3.83. The summed E-state index contributed by atoms with van der Waals surface area (Å²) in [6.07, 6.45) is 2.21. The number of nitrogens with one attached hydrogen (secondary N) is 1. The molecule has 0 saturated heterocycles. The van der Waals surface area contributed by atoms with Crippen LogP contribution in [0.3, 0.4) is 0 Å². The first-order chi connectivity index (χ1) is 9.61. The van der Waals surface area contributed by atoms with Gasteiger partial charge in [-0.2, -0.15) is 5.10 Å². The fourth-order valence-corrected chi connectivity index (χ4v) is 2.26. The lowest BCUT2D eigenvalue weighted by molar-refractivity contribution is 0.132. The molecule has 0 spiro atoms. The molecule has 5 N–H and O–H groups in total. The first-order valence-electron chi connectivity index (χ1n) is 7.18. The number of aliphatic hydroxyl groups excluding tert-OH is 2. The third kappa shape index (κ3) is 3.26. The minimum atomic E-state index is -0.794. The molecule has 0 fully saturated rings. The molecular formula is C14H26N4O2. The lowest BCUT2D eigenvalue weighted by Gasteiger charge is -2.31. The van der Waals surface area contributed by atoms with Crippen LogP contribution in [0.15, 0.2) is 0 Å². The van der Waals surface area contributed by atoms with Crippen molar-refractivity contribution in [2.24, 2.45) is 5.73 Å². The second-order valence-corrected chi connectivity index (χ2v) is 4.94. The van der Waals surface area contributed by atoms with Crippen molar-refractivity contribution < 1.29 is 10.2 Å². The molecule has 1 rings (SSSR count). The summed E-state index contributed by atoms with van der Waals surface area (Å²) in [7, 11) is 0. The van der Waals surface area contributed by atoms with E-state index in [9.17, 15) is 10.2 Å². The monoisotopic (exact) mass is 282 g/mol. The zero-order valence-corrected chi connectivity index (χ0v) is 12.6. The average Bonchev–Trinajstić information content (AvgIpc) is 2.51. The molecule has 0 unspecified atom stereocenters. The summed E-state index contributed by atoms with van der Waals surface area (Å²) in [6, 6.07) is 0. The van der Waals surface area contributed by atoms with E-state index in [1.807, 2.05) is 13.8 Å². The van der Waals surface area contributed by atoms with Crippen LogP contribution in [-0.4, -0.2) is 39.2 Å². The first kappa shape index (κ1) is 16.8. The maximum Gasteiger partial charge on any atom is 0.154 e. The van der Waals surface area contributed by atoms with Crippen LogP contribution in [-0.2, 0) is 19.4 Å². The Balaban J connectivity index is 3.25. The van der Waals surface area contributed by atoms with Crippen LogP contribution in [0.4, 0.5) is 5.82 Å². The average molecular weight is 282 g/mol. The molecule has 6 heteroatoms. The number of aliphatic hydroxyl groups is 2. The number of hydrogen-bond acceptors (Lipinski definition) is 6. The Kier molecular flexibility index (Phi) is 6.32. The quantitative estimate of drug-likeness (QED) is 0.557. The van der Waals surface area contributed by atoms with Gasteiger partial charge < -0.3 is 21.3 Å². The molecule has 6 nitrogen and oxygen atoms in total. The van der Waals surface area contributed by atoms with Gasteiger partial charge in [0.2, 0.25) is 0 Å². The number of rotatable bonds is 8. The summed E-state index contributed by atoms with van der Waals surface area (Å²) in [5.41, 5.74) is 8.04. The van der Waals surface area contributed by atoms with Gasteiger partial charge in [0, 0.05) is 12.1 Å². The highest BCUT2D eigenvalue weighted by Gasteiger charge is 2.28. The molecule has 0 bridgehead atoms. The Morgan fingerprint density at radius 1 is 1.05 bits per heavy atom. The predicted octanol–water partition coefficient (Wildman–Crippen LogP) is 0.605. The topological polar surface area (TPSA) is 104 Å². The largest absolute Gasteiger partial charge is 0.394 e. The normalized spacial score (nSPS) is 11.7. The van der Waals surface area contributed by atoms with Crippen LogP contribution >= 0.6 is 0 Å². The molecule has 0 aliphatic heterocycles. The number of anilines is 1. The van der Waals surface area contributed by atoms with Crippen LogP contribution < -0.4 is 11.1 Å². The number of hydrogen-bond donors (Lipinski definition) is 4. The van der Waals surface area contributed by atoms with Gasteiger partial charge in [0.15, 0.2) is 5.82 Å². The highest BCUT2D eigenvalue weighted by atomic mass is 16.3. The van der Waals surface area contributed by atoms with Crippen molar-refractivity contribution in [2.45, 2.75) is 52.1 Å². The summed E-state index contributed by atoms with van der Waals surface area (Å²) in [6.45, 7) is 5.99. The minimum Gasteiger partial charge on any atom is -0.394 e. The van der Waals surface area contributed by atoms with Crippen molar-refractivity contribution in [1.82, 2.24) is 10.2 Å². The maximum absolute atomic E-state index is 9.53. The van der Waals surface area contributed by atoms with E-state index in [0.717, 1.165) is 29.7 Å². The first-order valence-corrected chi connectivity index (χ1v) is 7.18. The minimum absolute atomic E-state index is 0.178. The molecule has 0 saturated carbocycles. The maximum atomic E-state index is 9.53. The molecule has 0 amide bonds. The SMILES string of the molecule is CCc1nnc(NC(CC)(CO)CO)c(CN)c1CC. The highest BCUT2D eigenvalue weighted by molar-refractivity contribution is 5.51. The van der Waals surface area contributed by atoms with E-state index in [1.54, 1.807) is 0 Å². The predicted molar refractivity (Wildman–Crippen MR) is 79.5 cm³/mol. The Hall–Kier alpha value is -1.24. The molecule has 1 heterocycles. The van der Waals surface area contributed by atoms with Crippen molar-refractivity contribution in [3.8, 4) is 0 Å². The number of nitrogens with zero attached hydrogens (tertiary/aromatic N) is 2. The van der Waals surface area contributed by atoms with Gasteiger partial charge in [-0.25, -0.2) is 0 Å². The van der Waals surface area contributed by atoms with E-state index < -0.39 is 5.54 Å². The van der Waals surface area contributed by atoms with E-state index in [2.05, 4.69) is 22.4 Å². The zero-order chi connectivity index (χ0) is 15.2. The van der Waals surface area contributed by atoms with Crippen LogP contribution in [0.25, 0.3) is 0 Å². The Morgan fingerprint density at radius 2 is 1.70 bits per heavy atom. The van der Waals surface area contributed by atoms with E-state index in [1.165, 1.54) is 0 Å². The van der Waals surface area contributed by atoms with Crippen LogP contribution in [0, 0.1) is 0 Å². The molecule has 0 aliphatic rings. The molecule has 0 atom stereocenters. The van der Waals surface area contributed by atoms with Gasteiger partial charge >= 0.3 is 0 Å². The van der Waals surface area contributed by atoms with E-state index in [-0.39, 0.29) is 13.2 Å². The van der Waals surface area contributed by atoms with Crippen molar-refractivity contribution in [3.05, 3.63) is 16.8 Å². The Bertz CT molecular complexity index is 425. The second-order valence-electron chi connectivity index (χ2n) is 4.94. The number of aryl methyl sites for hydroxylation is 1. The molecule has 0 aliphatic carbocycles. The highest BCUT2D eigenvalue weighted by Crippen LogP contribution is 2.24. The fraction of sp³-hybridized carbons (Fsp3) is 0.714. The molecule has 1 aromatic rings. The lowest BCUT2D eigenvalue weighted by atomic mass is 9.97. The standard InChI is InChI=1S/C14H26N4O2/c1-4-10-11(7-15)13(18-17-12(10)5-2)16-14(6-3,8-19)9-20/h19-20H,4-9,15H2,1-3H3,(H,16,18). The molecule has 1 aromatic heterocycles. The molecule has 114 valence electrons. The molecular weight excluding hydrogens is 256 g/mol. The number of nitrogens with two attached hydrogens (primary N) is 1. The number of aromatic nitrogens is 2. The Morgan fingerprint density at radius 3 is 2.10 bits per heavy atom. The van der Waals surface area contributed by atoms with Crippen molar-refractivity contribution in [3.63, 3.8) is 0 Å². The fourth-order valence-electron chi connectivity index (χ4n) is 2.26. The van der Waals surface area contributed by atoms with E-state index in [0.29, 0.717) is 18.8 Å². The van der Waals surface area contributed by atoms with Crippen molar-refractivity contribution in [2.75, 3.05) is 18.5 Å². The van der Waals surface area contributed by atoms with Gasteiger partial charge in [0.25, 0.3) is 0 Å². The molecule has 20 heavy (non-hydrogen) atoms. The van der Waals surface area contributed by atoms with Crippen molar-refractivity contribution >= 4 is 5.82 Å². The lowest BCUT2D eigenvalue weighted by Crippen LogP contribution is -2.46. The summed E-state index contributed by atoms with van der Waals surface area (Å²) in [4.78, 5) is 0. The van der Waals surface area contributed by atoms with Gasteiger partial charge in [0.05, 0.1) is 24.4 Å². The van der Waals surface area contributed by atoms with Crippen LogP contribution in [0.2, 0.25) is 0 Å².